The van der Waals surface area contributed by atoms with Gasteiger partial charge in [-0.1, -0.05) is 38.1 Å². The molecule has 1 atom stereocenters. The van der Waals surface area contributed by atoms with Gasteiger partial charge >= 0.3 is 5.97 Å². The van der Waals surface area contributed by atoms with Crippen LogP contribution < -0.4 is 0 Å². The van der Waals surface area contributed by atoms with Crippen LogP contribution in [0, 0.1) is 0 Å². The van der Waals surface area contributed by atoms with Crippen LogP contribution in [0.3, 0.4) is 0 Å². The SMILES string of the molecule is CC(C)c1ccc(CC(=O)O[C@H](C)C(=O)N2CCCC2)cc1. The predicted molar refractivity (Wildman–Crippen MR) is 85.6 cm³/mol. The number of likely N-dealkylation sites (tertiary alicyclic amines) is 1. The Morgan fingerprint density at radius 2 is 1.68 bits per heavy atom. The van der Waals surface area contributed by atoms with Crippen molar-refractivity contribution in [3.8, 4) is 0 Å². The molecule has 4 heteroatoms. The maximum absolute atomic E-state index is 12.1. The average molecular weight is 303 g/mol. The maximum Gasteiger partial charge on any atom is 0.311 e. The third-order valence-corrected chi connectivity index (χ3v) is 4.07. The van der Waals surface area contributed by atoms with Crippen LogP contribution in [-0.2, 0) is 20.7 Å². The van der Waals surface area contributed by atoms with Crippen LogP contribution in [0.25, 0.3) is 0 Å². The van der Waals surface area contributed by atoms with Gasteiger partial charge in [-0.05, 0) is 36.8 Å². The van der Waals surface area contributed by atoms with Crippen molar-refractivity contribution in [1.82, 2.24) is 4.90 Å². The number of ether oxygens (including phenoxy) is 1. The molecule has 0 spiro atoms. The van der Waals surface area contributed by atoms with E-state index in [1.54, 1.807) is 11.8 Å². The van der Waals surface area contributed by atoms with Gasteiger partial charge in [0.2, 0.25) is 0 Å². The fraction of sp³-hybridized carbons (Fsp3) is 0.556. The number of esters is 1. The third-order valence-electron chi connectivity index (χ3n) is 4.07. The largest absolute Gasteiger partial charge is 0.452 e. The Kier molecular flexibility index (Phi) is 5.58. The van der Waals surface area contributed by atoms with Crippen molar-refractivity contribution in [2.24, 2.45) is 0 Å². The number of amides is 1. The monoisotopic (exact) mass is 303 g/mol. The molecule has 0 aromatic heterocycles. The number of carbonyl (C=O) groups excluding carboxylic acids is 2. The van der Waals surface area contributed by atoms with Gasteiger partial charge in [-0.15, -0.1) is 0 Å². The molecule has 0 bridgehead atoms. The Morgan fingerprint density at radius 3 is 2.23 bits per heavy atom. The lowest BCUT2D eigenvalue weighted by Crippen LogP contribution is -2.38. The van der Waals surface area contributed by atoms with Crippen molar-refractivity contribution in [3.05, 3.63) is 35.4 Å². The van der Waals surface area contributed by atoms with E-state index in [0.29, 0.717) is 5.92 Å². The lowest BCUT2D eigenvalue weighted by molar-refractivity contribution is -0.158. The van der Waals surface area contributed by atoms with Crippen LogP contribution in [0.15, 0.2) is 24.3 Å². The Bertz CT molecular complexity index is 516. The van der Waals surface area contributed by atoms with Crippen LogP contribution in [0.5, 0.6) is 0 Å². The molecule has 1 aliphatic rings. The zero-order valence-corrected chi connectivity index (χ0v) is 13.7. The summed E-state index contributed by atoms with van der Waals surface area (Å²) in [5.74, 6) is 0.0393. The van der Waals surface area contributed by atoms with Gasteiger partial charge in [-0.2, -0.15) is 0 Å². The van der Waals surface area contributed by atoms with E-state index in [1.165, 1.54) is 5.56 Å². The van der Waals surface area contributed by atoms with Gasteiger partial charge < -0.3 is 9.64 Å². The molecule has 1 aliphatic heterocycles. The van der Waals surface area contributed by atoms with E-state index >= 15 is 0 Å². The summed E-state index contributed by atoms with van der Waals surface area (Å²) in [6.07, 6.45) is 1.58. The van der Waals surface area contributed by atoms with Gasteiger partial charge in [0.1, 0.15) is 0 Å². The molecule has 1 saturated heterocycles. The molecule has 0 radical (unpaired) electrons. The van der Waals surface area contributed by atoms with Crippen LogP contribution in [-0.4, -0.2) is 36.0 Å². The first-order chi connectivity index (χ1) is 10.5. The standard InChI is InChI=1S/C18H25NO3/c1-13(2)16-8-6-15(7-9-16)12-17(20)22-14(3)18(21)19-10-4-5-11-19/h6-9,13-14H,4-5,10-12H2,1-3H3/t14-/m1/s1. The van der Waals surface area contributed by atoms with Gasteiger partial charge in [-0.3, -0.25) is 9.59 Å². The topological polar surface area (TPSA) is 46.6 Å². The summed E-state index contributed by atoms with van der Waals surface area (Å²) in [5, 5.41) is 0. The van der Waals surface area contributed by atoms with E-state index in [2.05, 4.69) is 13.8 Å². The van der Waals surface area contributed by atoms with Crippen molar-refractivity contribution in [2.45, 2.75) is 52.1 Å². The minimum atomic E-state index is -0.694. The molecule has 1 amide bonds. The van der Waals surface area contributed by atoms with Gasteiger partial charge in [-0.25, -0.2) is 0 Å². The van der Waals surface area contributed by atoms with Crippen LogP contribution >= 0.6 is 0 Å². The highest BCUT2D eigenvalue weighted by Gasteiger charge is 2.25. The molecule has 0 saturated carbocycles. The molecule has 0 aliphatic carbocycles. The van der Waals surface area contributed by atoms with E-state index in [4.69, 9.17) is 4.74 Å². The second kappa shape index (κ2) is 7.43. The highest BCUT2D eigenvalue weighted by molar-refractivity contribution is 5.84. The fourth-order valence-electron chi connectivity index (χ4n) is 2.67. The van der Waals surface area contributed by atoms with Crippen molar-refractivity contribution < 1.29 is 14.3 Å². The van der Waals surface area contributed by atoms with Crippen LogP contribution in [0.2, 0.25) is 0 Å². The second-order valence-corrected chi connectivity index (χ2v) is 6.24. The summed E-state index contributed by atoms with van der Waals surface area (Å²) in [5.41, 5.74) is 2.16. The highest BCUT2D eigenvalue weighted by Crippen LogP contribution is 2.15. The molecule has 1 heterocycles. The summed E-state index contributed by atoms with van der Waals surface area (Å²) in [6.45, 7) is 7.47. The number of hydrogen-bond donors (Lipinski definition) is 0. The van der Waals surface area contributed by atoms with Crippen molar-refractivity contribution >= 4 is 11.9 Å². The van der Waals surface area contributed by atoms with Crippen LogP contribution in [0.1, 0.15) is 50.7 Å². The Balaban J connectivity index is 1.85. The molecule has 4 nitrogen and oxygen atoms in total. The van der Waals surface area contributed by atoms with E-state index < -0.39 is 6.10 Å². The van der Waals surface area contributed by atoms with Crippen LogP contribution in [0.4, 0.5) is 0 Å². The second-order valence-electron chi connectivity index (χ2n) is 6.24. The Hall–Kier alpha value is -1.84. The van der Waals surface area contributed by atoms with E-state index in [9.17, 15) is 9.59 Å². The zero-order valence-electron chi connectivity index (χ0n) is 13.7. The number of nitrogens with zero attached hydrogens (tertiary/aromatic N) is 1. The maximum atomic E-state index is 12.1. The summed E-state index contributed by atoms with van der Waals surface area (Å²) in [7, 11) is 0. The average Bonchev–Trinajstić information content (AvgIpc) is 3.00. The summed E-state index contributed by atoms with van der Waals surface area (Å²) in [4.78, 5) is 25.8. The normalized spacial score (nSPS) is 15.9. The molecule has 1 aromatic carbocycles. The zero-order chi connectivity index (χ0) is 16.1. The van der Waals surface area contributed by atoms with Crippen molar-refractivity contribution in [1.29, 1.82) is 0 Å². The first-order valence-corrected chi connectivity index (χ1v) is 8.04. The lowest BCUT2D eigenvalue weighted by atomic mass is 10.0. The molecule has 2 rings (SSSR count). The summed E-state index contributed by atoms with van der Waals surface area (Å²) in [6, 6.07) is 7.96. The molecule has 1 fully saturated rings. The minimum absolute atomic E-state index is 0.0824. The Labute approximate surface area is 132 Å². The third kappa shape index (κ3) is 4.33. The van der Waals surface area contributed by atoms with Crippen molar-refractivity contribution in [3.63, 3.8) is 0 Å². The molecule has 0 unspecified atom stereocenters. The van der Waals surface area contributed by atoms with Gasteiger partial charge in [0.05, 0.1) is 6.42 Å². The molecule has 22 heavy (non-hydrogen) atoms. The molecule has 0 N–H and O–H groups in total. The summed E-state index contributed by atoms with van der Waals surface area (Å²) >= 11 is 0. The minimum Gasteiger partial charge on any atom is -0.452 e. The lowest BCUT2D eigenvalue weighted by Gasteiger charge is -2.20. The smallest absolute Gasteiger partial charge is 0.311 e. The Morgan fingerprint density at radius 1 is 1.09 bits per heavy atom. The molecular weight excluding hydrogens is 278 g/mol. The first kappa shape index (κ1) is 16.5. The van der Waals surface area contributed by atoms with Gasteiger partial charge in [0.25, 0.3) is 5.91 Å². The molecule has 1 aromatic rings. The van der Waals surface area contributed by atoms with Gasteiger partial charge in [0.15, 0.2) is 6.10 Å². The fourth-order valence-corrected chi connectivity index (χ4v) is 2.67. The number of rotatable bonds is 5. The number of hydrogen-bond acceptors (Lipinski definition) is 3. The predicted octanol–water partition coefficient (Wildman–Crippen LogP) is 2.91. The van der Waals surface area contributed by atoms with Gasteiger partial charge in [0, 0.05) is 13.1 Å². The van der Waals surface area contributed by atoms with Crippen molar-refractivity contribution in [2.75, 3.05) is 13.1 Å². The number of carbonyl (C=O) groups is 2. The van der Waals surface area contributed by atoms with E-state index in [0.717, 1.165) is 31.5 Å². The van der Waals surface area contributed by atoms with E-state index in [1.807, 2.05) is 24.3 Å². The first-order valence-electron chi connectivity index (χ1n) is 8.04. The molecule has 120 valence electrons. The highest BCUT2D eigenvalue weighted by atomic mass is 16.5. The van der Waals surface area contributed by atoms with E-state index in [-0.39, 0.29) is 18.3 Å². The number of benzene rings is 1. The molecular formula is C18H25NO3. The summed E-state index contributed by atoms with van der Waals surface area (Å²) < 4.78 is 5.28. The quantitative estimate of drug-likeness (QED) is 0.786.